The first-order valence-electron chi connectivity index (χ1n) is 11.0. The van der Waals surface area contributed by atoms with Gasteiger partial charge in [-0.05, 0) is 60.2 Å². The molecule has 0 aromatic heterocycles. The third-order valence-corrected chi connectivity index (χ3v) is 6.59. The molecule has 0 amide bonds. The molecule has 3 aliphatic rings. The molecule has 0 saturated carbocycles. The van der Waals surface area contributed by atoms with Crippen molar-refractivity contribution in [1.29, 1.82) is 0 Å². The van der Waals surface area contributed by atoms with E-state index in [1.165, 1.54) is 23.1 Å². The van der Waals surface area contributed by atoms with Gasteiger partial charge in [0, 0.05) is 38.8 Å². The number of piperazine rings is 1. The number of benzene rings is 2. The Morgan fingerprint density at radius 1 is 1.00 bits per heavy atom. The number of methoxy groups -OCH3 is 1. The van der Waals surface area contributed by atoms with Crippen LogP contribution in [0.15, 0.2) is 48.5 Å². The van der Waals surface area contributed by atoms with Crippen LogP contribution in [0.1, 0.15) is 30.4 Å². The van der Waals surface area contributed by atoms with Crippen molar-refractivity contribution >= 4 is 5.57 Å². The Morgan fingerprint density at radius 3 is 2.67 bits per heavy atom. The zero-order valence-electron chi connectivity index (χ0n) is 17.7. The topological polar surface area (TPSA) is 34.2 Å². The fraction of sp³-hybridized carbons (Fsp3) is 0.440. The summed E-state index contributed by atoms with van der Waals surface area (Å²) < 4.78 is 16.3. The number of ether oxygens (including phenoxy) is 3. The SMILES string of the molecule is COc1cccc(CN2CCN(C3CC=C(c4ccc5c(c4)OCO5)CC3)CC2)c1. The van der Waals surface area contributed by atoms with E-state index in [0.717, 1.165) is 62.8 Å². The second kappa shape index (κ2) is 8.70. The van der Waals surface area contributed by atoms with E-state index in [0.29, 0.717) is 12.8 Å². The number of nitrogens with zero attached hydrogens (tertiary/aromatic N) is 2. The van der Waals surface area contributed by atoms with Gasteiger partial charge in [0.25, 0.3) is 0 Å². The summed E-state index contributed by atoms with van der Waals surface area (Å²) in [6, 6.07) is 15.4. The van der Waals surface area contributed by atoms with Crippen molar-refractivity contribution in [3.8, 4) is 17.2 Å². The van der Waals surface area contributed by atoms with Crippen LogP contribution in [-0.2, 0) is 6.54 Å². The Bertz CT molecular complexity index is 918. The molecule has 0 spiro atoms. The molecule has 0 bridgehead atoms. The maximum Gasteiger partial charge on any atom is 0.231 e. The Morgan fingerprint density at radius 2 is 1.87 bits per heavy atom. The Balaban J connectivity index is 1.14. The first kappa shape index (κ1) is 19.5. The molecular formula is C25H30N2O3. The summed E-state index contributed by atoms with van der Waals surface area (Å²) in [5.74, 6) is 2.68. The number of fused-ring (bicyclic) bond motifs is 1. The van der Waals surface area contributed by atoms with Crippen LogP contribution in [-0.4, -0.2) is 55.9 Å². The molecule has 2 aromatic rings. The van der Waals surface area contributed by atoms with E-state index < -0.39 is 0 Å². The molecule has 1 aliphatic carbocycles. The zero-order chi connectivity index (χ0) is 20.3. The molecule has 5 rings (SSSR count). The molecule has 1 saturated heterocycles. The van der Waals surface area contributed by atoms with E-state index in [-0.39, 0.29) is 0 Å². The van der Waals surface area contributed by atoms with Crippen LogP contribution in [0.25, 0.3) is 5.57 Å². The predicted molar refractivity (Wildman–Crippen MR) is 118 cm³/mol. The van der Waals surface area contributed by atoms with E-state index in [1.807, 2.05) is 12.1 Å². The van der Waals surface area contributed by atoms with Gasteiger partial charge in [-0.3, -0.25) is 9.80 Å². The van der Waals surface area contributed by atoms with Crippen LogP contribution in [0.3, 0.4) is 0 Å². The van der Waals surface area contributed by atoms with Crippen LogP contribution in [0.4, 0.5) is 0 Å². The second-order valence-electron chi connectivity index (χ2n) is 8.39. The Kier molecular flexibility index (Phi) is 5.65. The van der Waals surface area contributed by atoms with Crippen molar-refractivity contribution in [3.05, 3.63) is 59.7 Å². The van der Waals surface area contributed by atoms with Gasteiger partial charge in [0.05, 0.1) is 7.11 Å². The predicted octanol–water partition coefficient (Wildman–Crippen LogP) is 4.18. The Labute approximate surface area is 178 Å². The first-order chi connectivity index (χ1) is 14.8. The Hall–Kier alpha value is -2.50. The van der Waals surface area contributed by atoms with E-state index in [2.05, 4.69) is 46.2 Å². The fourth-order valence-electron chi connectivity index (χ4n) is 4.83. The lowest BCUT2D eigenvalue weighted by Gasteiger charge is -2.40. The normalized spacial score (nSPS) is 22.0. The molecule has 1 atom stereocenters. The lowest BCUT2D eigenvalue weighted by Crippen LogP contribution is -2.50. The third kappa shape index (κ3) is 4.18. The summed E-state index contributed by atoms with van der Waals surface area (Å²) in [6.45, 7) is 5.91. The van der Waals surface area contributed by atoms with Gasteiger partial charge in [-0.2, -0.15) is 0 Å². The van der Waals surface area contributed by atoms with E-state index in [9.17, 15) is 0 Å². The highest BCUT2D eigenvalue weighted by atomic mass is 16.7. The number of hydrogen-bond acceptors (Lipinski definition) is 5. The van der Waals surface area contributed by atoms with Crippen LogP contribution in [0.2, 0.25) is 0 Å². The molecule has 5 nitrogen and oxygen atoms in total. The lowest BCUT2D eigenvalue weighted by molar-refractivity contribution is 0.0881. The number of allylic oxidation sites excluding steroid dienone is 1. The quantitative estimate of drug-likeness (QED) is 0.744. The van der Waals surface area contributed by atoms with Gasteiger partial charge in [0.15, 0.2) is 11.5 Å². The molecule has 0 N–H and O–H groups in total. The van der Waals surface area contributed by atoms with Crippen LogP contribution < -0.4 is 14.2 Å². The first-order valence-corrected chi connectivity index (χ1v) is 11.0. The molecule has 5 heteroatoms. The minimum atomic E-state index is 0.337. The third-order valence-electron chi connectivity index (χ3n) is 6.59. The van der Waals surface area contributed by atoms with E-state index in [4.69, 9.17) is 14.2 Å². The van der Waals surface area contributed by atoms with Crippen molar-refractivity contribution in [1.82, 2.24) is 9.80 Å². The number of hydrogen-bond donors (Lipinski definition) is 0. The summed E-state index contributed by atoms with van der Waals surface area (Å²) in [5.41, 5.74) is 4.05. The van der Waals surface area contributed by atoms with Gasteiger partial charge in [-0.1, -0.05) is 24.3 Å². The average Bonchev–Trinajstić information content (AvgIpc) is 3.28. The van der Waals surface area contributed by atoms with Crippen molar-refractivity contribution in [2.24, 2.45) is 0 Å². The lowest BCUT2D eigenvalue weighted by atomic mass is 9.89. The molecule has 0 radical (unpaired) electrons. The summed E-state index contributed by atoms with van der Waals surface area (Å²) in [4.78, 5) is 5.25. The van der Waals surface area contributed by atoms with Gasteiger partial charge in [0.2, 0.25) is 6.79 Å². The largest absolute Gasteiger partial charge is 0.497 e. The van der Waals surface area contributed by atoms with Crippen molar-refractivity contribution < 1.29 is 14.2 Å². The standard InChI is InChI=1S/C25H30N2O3/c1-28-23-4-2-3-19(15-23)17-26-11-13-27(14-12-26)22-8-5-20(6-9-22)21-7-10-24-25(16-21)30-18-29-24/h2-5,7,10,15-16,22H,6,8-9,11-14,17-18H2,1H3. The molecule has 1 fully saturated rings. The zero-order valence-corrected chi connectivity index (χ0v) is 17.7. The van der Waals surface area contributed by atoms with Crippen LogP contribution >= 0.6 is 0 Å². The van der Waals surface area contributed by atoms with Crippen LogP contribution in [0.5, 0.6) is 17.2 Å². The summed E-state index contributed by atoms with van der Waals surface area (Å²) >= 11 is 0. The van der Waals surface area contributed by atoms with E-state index >= 15 is 0 Å². The highest BCUT2D eigenvalue weighted by Gasteiger charge is 2.26. The maximum atomic E-state index is 5.54. The van der Waals surface area contributed by atoms with Gasteiger partial charge in [0.1, 0.15) is 5.75 Å². The summed E-state index contributed by atoms with van der Waals surface area (Å²) in [5, 5.41) is 0. The van der Waals surface area contributed by atoms with Crippen molar-refractivity contribution in [2.75, 3.05) is 40.1 Å². The van der Waals surface area contributed by atoms with E-state index in [1.54, 1.807) is 7.11 Å². The number of rotatable bonds is 5. The molecular weight excluding hydrogens is 376 g/mol. The van der Waals surface area contributed by atoms with Gasteiger partial charge in [-0.25, -0.2) is 0 Å². The molecule has 158 valence electrons. The summed E-state index contributed by atoms with van der Waals surface area (Å²) in [7, 11) is 1.73. The molecule has 1 unspecified atom stereocenters. The van der Waals surface area contributed by atoms with Crippen LogP contribution in [0, 0.1) is 0 Å². The maximum absolute atomic E-state index is 5.54. The molecule has 30 heavy (non-hydrogen) atoms. The van der Waals surface area contributed by atoms with Gasteiger partial charge >= 0.3 is 0 Å². The summed E-state index contributed by atoms with van der Waals surface area (Å²) in [6.07, 6.45) is 5.94. The molecule has 2 heterocycles. The highest BCUT2D eigenvalue weighted by Crippen LogP contribution is 2.37. The fourth-order valence-corrected chi connectivity index (χ4v) is 4.83. The van der Waals surface area contributed by atoms with Crippen molar-refractivity contribution in [3.63, 3.8) is 0 Å². The second-order valence-corrected chi connectivity index (χ2v) is 8.39. The smallest absolute Gasteiger partial charge is 0.231 e. The monoisotopic (exact) mass is 406 g/mol. The van der Waals surface area contributed by atoms with Gasteiger partial charge in [-0.15, -0.1) is 0 Å². The van der Waals surface area contributed by atoms with Crippen molar-refractivity contribution in [2.45, 2.75) is 31.8 Å². The molecule has 2 aliphatic heterocycles. The molecule has 2 aromatic carbocycles. The van der Waals surface area contributed by atoms with Gasteiger partial charge < -0.3 is 14.2 Å². The highest BCUT2D eigenvalue weighted by molar-refractivity contribution is 5.69. The minimum absolute atomic E-state index is 0.337. The minimum Gasteiger partial charge on any atom is -0.497 e. The average molecular weight is 407 g/mol.